The lowest BCUT2D eigenvalue weighted by molar-refractivity contribution is -0.130. The smallest absolute Gasteiger partial charge is 0.224 e. The first-order valence-corrected chi connectivity index (χ1v) is 16.4. The molecule has 0 spiro atoms. The summed E-state index contributed by atoms with van der Waals surface area (Å²) < 4.78 is 6.54. The highest BCUT2D eigenvalue weighted by Gasteiger charge is 2.31. The summed E-state index contributed by atoms with van der Waals surface area (Å²) in [5.74, 6) is 0.00939. The highest BCUT2D eigenvalue weighted by atomic mass is 32.1. The Hall–Kier alpha value is -2.42. The van der Waals surface area contributed by atoms with E-state index >= 15 is 0 Å². The number of rotatable bonds is 16. The van der Waals surface area contributed by atoms with Crippen LogP contribution in [0, 0.1) is 11.8 Å². The Balaban J connectivity index is 1.42. The van der Waals surface area contributed by atoms with Crippen molar-refractivity contribution in [3.63, 3.8) is 0 Å². The van der Waals surface area contributed by atoms with Crippen LogP contribution in [0.5, 0.6) is 0 Å². The Labute approximate surface area is 249 Å². The summed E-state index contributed by atoms with van der Waals surface area (Å²) in [7, 11) is 0. The average Bonchev–Trinajstić information content (AvgIpc) is 3.65. The lowest BCUT2D eigenvalue weighted by atomic mass is 9.90. The molecular formula is C33H47N3O4S. The maximum absolute atomic E-state index is 13.8. The fourth-order valence-corrected chi connectivity index (χ4v) is 7.23. The minimum atomic E-state index is -0.462. The molecule has 224 valence electrons. The molecule has 41 heavy (non-hydrogen) atoms. The lowest BCUT2D eigenvalue weighted by Gasteiger charge is -2.28. The molecule has 1 aromatic heterocycles. The number of hydrogen-bond acceptors (Lipinski definition) is 7. The van der Waals surface area contributed by atoms with Crippen LogP contribution in [0.4, 0.5) is 0 Å². The molecule has 0 radical (unpaired) electrons. The fourth-order valence-electron chi connectivity index (χ4n) is 6.11. The molecule has 1 saturated carbocycles. The average molecular weight is 582 g/mol. The fraction of sp³-hybridized carbons (Fsp3) is 0.636. The molecule has 2 aliphatic rings. The van der Waals surface area contributed by atoms with E-state index in [1.807, 2.05) is 13.0 Å². The van der Waals surface area contributed by atoms with Crippen molar-refractivity contribution in [1.29, 1.82) is 0 Å². The van der Waals surface area contributed by atoms with E-state index in [9.17, 15) is 14.4 Å². The van der Waals surface area contributed by atoms with Crippen LogP contribution in [0.3, 0.4) is 0 Å². The third-order valence-electron chi connectivity index (χ3n) is 8.59. The van der Waals surface area contributed by atoms with Gasteiger partial charge in [0.15, 0.2) is 5.78 Å². The van der Waals surface area contributed by atoms with Gasteiger partial charge in [-0.05, 0) is 55.7 Å². The summed E-state index contributed by atoms with van der Waals surface area (Å²) in [4.78, 5) is 46.6. The van der Waals surface area contributed by atoms with Crippen LogP contribution in [0.15, 0.2) is 30.4 Å². The van der Waals surface area contributed by atoms with E-state index < -0.39 is 5.92 Å². The highest BCUT2D eigenvalue weighted by molar-refractivity contribution is 7.18. The van der Waals surface area contributed by atoms with Gasteiger partial charge in [-0.15, -0.1) is 11.3 Å². The van der Waals surface area contributed by atoms with Gasteiger partial charge < -0.3 is 10.1 Å². The number of ether oxygens (including phenoxy) is 1. The van der Waals surface area contributed by atoms with Crippen molar-refractivity contribution in [2.75, 3.05) is 32.8 Å². The normalized spacial score (nSPS) is 17.9. The summed E-state index contributed by atoms with van der Waals surface area (Å²) in [5.41, 5.74) is 2.84. The van der Waals surface area contributed by atoms with E-state index in [1.165, 1.54) is 5.56 Å². The van der Waals surface area contributed by atoms with Gasteiger partial charge in [0.1, 0.15) is 5.78 Å². The van der Waals surface area contributed by atoms with E-state index in [0.717, 1.165) is 66.8 Å². The number of fused-ring (bicyclic) bond motifs is 1. The Morgan fingerprint density at radius 3 is 2.61 bits per heavy atom. The van der Waals surface area contributed by atoms with Crippen molar-refractivity contribution in [2.24, 2.45) is 11.8 Å². The molecule has 2 fully saturated rings. The Morgan fingerprint density at radius 1 is 1.15 bits per heavy atom. The van der Waals surface area contributed by atoms with Gasteiger partial charge in [-0.3, -0.25) is 19.3 Å². The van der Waals surface area contributed by atoms with Crippen LogP contribution < -0.4 is 5.32 Å². The molecule has 1 saturated heterocycles. The van der Waals surface area contributed by atoms with Crippen LogP contribution in [0.1, 0.15) is 82.2 Å². The predicted molar refractivity (Wildman–Crippen MR) is 165 cm³/mol. The van der Waals surface area contributed by atoms with Crippen LogP contribution in [0.25, 0.3) is 10.2 Å². The number of carbonyl (C=O) groups is 3. The minimum absolute atomic E-state index is 0.0728. The molecule has 2 atom stereocenters. The first-order chi connectivity index (χ1) is 19.9. The van der Waals surface area contributed by atoms with E-state index in [2.05, 4.69) is 35.9 Å². The third-order valence-corrected chi connectivity index (χ3v) is 9.63. The van der Waals surface area contributed by atoms with E-state index in [-0.39, 0.29) is 29.9 Å². The molecule has 7 nitrogen and oxygen atoms in total. The lowest BCUT2D eigenvalue weighted by Crippen LogP contribution is -2.44. The molecular weight excluding hydrogens is 534 g/mol. The summed E-state index contributed by atoms with van der Waals surface area (Å²) in [5, 5.41) is 4.22. The molecule has 0 bridgehead atoms. The maximum atomic E-state index is 13.8. The van der Waals surface area contributed by atoms with E-state index in [0.29, 0.717) is 56.9 Å². The molecule has 1 amide bonds. The maximum Gasteiger partial charge on any atom is 0.224 e. The summed E-state index contributed by atoms with van der Waals surface area (Å²) in [6.45, 7) is 11.8. The zero-order valence-electron chi connectivity index (χ0n) is 24.9. The number of morpholine rings is 1. The molecule has 0 unspecified atom stereocenters. The Bertz CT molecular complexity index is 1200. The van der Waals surface area contributed by atoms with Crippen molar-refractivity contribution in [1.82, 2.24) is 15.2 Å². The number of thiazole rings is 1. The van der Waals surface area contributed by atoms with Gasteiger partial charge in [0, 0.05) is 56.9 Å². The van der Waals surface area contributed by atoms with Gasteiger partial charge in [-0.25, -0.2) is 4.98 Å². The van der Waals surface area contributed by atoms with E-state index in [4.69, 9.17) is 9.72 Å². The van der Waals surface area contributed by atoms with Crippen LogP contribution in [-0.4, -0.2) is 66.2 Å². The first kappa shape index (κ1) is 31.5. The molecule has 4 rings (SSSR count). The van der Waals surface area contributed by atoms with Gasteiger partial charge in [0.25, 0.3) is 0 Å². The van der Waals surface area contributed by atoms with Crippen LogP contribution in [0.2, 0.25) is 0 Å². The zero-order chi connectivity index (χ0) is 29.2. The summed E-state index contributed by atoms with van der Waals surface area (Å²) in [6, 6.07) is 6.25. The number of Topliss-reactive ketones (excluding diaryl/α,β-unsaturated/α-hetero) is 2. The summed E-state index contributed by atoms with van der Waals surface area (Å²) >= 11 is 1.62. The van der Waals surface area contributed by atoms with Crippen molar-refractivity contribution < 1.29 is 19.1 Å². The number of carbonyl (C=O) groups excluding carboxylic acids is 3. The quantitative estimate of drug-likeness (QED) is 0.256. The second kappa shape index (κ2) is 15.7. The van der Waals surface area contributed by atoms with Gasteiger partial charge in [0.2, 0.25) is 5.91 Å². The van der Waals surface area contributed by atoms with E-state index in [1.54, 1.807) is 11.3 Å². The molecule has 1 aliphatic carbocycles. The molecule has 1 aromatic carbocycles. The number of aromatic nitrogens is 1. The number of amides is 1. The molecule has 2 heterocycles. The number of nitrogens with zero attached hydrogens (tertiary/aromatic N) is 2. The molecule has 2 aromatic rings. The monoisotopic (exact) mass is 581 g/mol. The van der Waals surface area contributed by atoms with Crippen molar-refractivity contribution in [3.05, 3.63) is 40.9 Å². The number of nitrogens with one attached hydrogen (secondary N) is 1. The molecule has 8 heteroatoms. The Morgan fingerprint density at radius 2 is 1.90 bits per heavy atom. The largest absolute Gasteiger partial charge is 0.379 e. The second-order valence-corrected chi connectivity index (χ2v) is 12.9. The van der Waals surface area contributed by atoms with Gasteiger partial charge in [-0.2, -0.15) is 0 Å². The highest BCUT2D eigenvalue weighted by Crippen LogP contribution is 2.31. The van der Waals surface area contributed by atoms with Gasteiger partial charge >= 0.3 is 0 Å². The SMILES string of the molecule is C=C(CN1CCOCC1)C(=O)CC[C@@H](NC(=O)[C@@H](CC(=O)CCC)Cc1nc2ccc(CC)cc2s1)C1CCCC1. The van der Waals surface area contributed by atoms with Crippen molar-refractivity contribution >= 4 is 39.0 Å². The van der Waals surface area contributed by atoms with Gasteiger partial charge in [0.05, 0.1) is 34.4 Å². The third kappa shape index (κ3) is 9.29. The zero-order valence-corrected chi connectivity index (χ0v) is 25.7. The number of hydrogen-bond donors (Lipinski definition) is 1. The number of aryl methyl sites for hydroxylation is 1. The number of benzene rings is 1. The topological polar surface area (TPSA) is 88.6 Å². The minimum Gasteiger partial charge on any atom is -0.379 e. The summed E-state index contributed by atoms with van der Waals surface area (Å²) in [6.07, 6.45) is 8.30. The standard InChI is InChI=1S/C33H47N3O4S/c1-4-8-27(37)20-26(21-32-34-29-12-11-24(5-2)19-31(29)41-32)33(39)35-28(25-9-6-7-10-25)13-14-30(38)23(3)22-36-15-17-40-18-16-36/h11-12,19,25-26,28H,3-10,13-18,20-22H2,1-2H3,(H,35,39)/t26-,28+/m0/s1. The first-order valence-electron chi connectivity index (χ1n) is 15.6. The molecule has 1 N–H and O–H groups in total. The van der Waals surface area contributed by atoms with Crippen LogP contribution >= 0.6 is 11.3 Å². The Kier molecular flexibility index (Phi) is 12.1. The number of ketones is 2. The van der Waals surface area contributed by atoms with Crippen molar-refractivity contribution in [3.8, 4) is 0 Å². The van der Waals surface area contributed by atoms with Gasteiger partial charge in [-0.1, -0.05) is 39.3 Å². The second-order valence-electron chi connectivity index (χ2n) is 11.8. The predicted octanol–water partition coefficient (Wildman–Crippen LogP) is 5.69. The van der Waals surface area contributed by atoms with Crippen LogP contribution in [-0.2, 0) is 32.0 Å². The molecule has 1 aliphatic heterocycles. The van der Waals surface area contributed by atoms with Crippen molar-refractivity contribution in [2.45, 2.75) is 90.5 Å².